The van der Waals surface area contributed by atoms with Crippen LogP contribution in [0.2, 0.25) is 0 Å². The van der Waals surface area contributed by atoms with Crippen molar-refractivity contribution in [2.24, 2.45) is 4.99 Å². The first-order valence-electron chi connectivity index (χ1n) is 11.6. The van der Waals surface area contributed by atoms with Gasteiger partial charge in [-0.15, -0.1) is 24.0 Å². The Morgan fingerprint density at radius 1 is 1.25 bits per heavy atom. The fraction of sp³-hybridized carbons (Fsp3) is 0.667. The third-order valence-electron chi connectivity index (χ3n) is 6.36. The number of carbonyl (C=O) groups excluding carboxylic acids is 1. The molecule has 1 amide bonds. The van der Waals surface area contributed by atoms with E-state index in [1.165, 1.54) is 11.1 Å². The Kier molecular flexibility index (Phi) is 8.16. The quantitative estimate of drug-likeness (QED) is 0.335. The molecule has 178 valence electrons. The van der Waals surface area contributed by atoms with Gasteiger partial charge in [-0.3, -0.25) is 4.99 Å². The van der Waals surface area contributed by atoms with Crippen LogP contribution >= 0.6 is 24.0 Å². The van der Waals surface area contributed by atoms with E-state index in [1.807, 2.05) is 32.7 Å². The second-order valence-electron chi connectivity index (χ2n) is 9.87. The molecule has 3 heterocycles. The number of aliphatic imine (C=N–C) groups is 1. The van der Waals surface area contributed by atoms with Gasteiger partial charge in [0.1, 0.15) is 11.4 Å². The van der Waals surface area contributed by atoms with Crippen molar-refractivity contribution >= 4 is 36.0 Å². The number of amides is 1. The highest BCUT2D eigenvalue weighted by Crippen LogP contribution is 2.36. The summed E-state index contributed by atoms with van der Waals surface area (Å²) in [6.45, 7) is 7.39. The highest BCUT2D eigenvalue weighted by molar-refractivity contribution is 14.0. The van der Waals surface area contributed by atoms with Gasteiger partial charge in [0.2, 0.25) is 0 Å². The van der Waals surface area contributed by atoms with Crippen LogP contribution in [0.4, 0.5) is 4.79 Å². The van der Waals surface area contributed by atoms with Crippen molar-refractivity contribution in [3.63, 3.8) is 0 Å². The molecule has 0 spiro atoms. The molecule has 32 heavy (non-hydrogen) atoms. The normalized spacial score (nSPS) is 24.3. The number of hydrogen-bond acceptors (Lipinski definition) is 4. The van der Waals surface area contributed by atoms with Gasteiger partial charge in [-0.05, 0) is 70.1 Å². The Balaban J connectivity index is 0.00000289. The van der Waals surface area contributed by atoms with Gasteiger partial charge in [0.25, 0.3) is 0 Å². The van der Waals surface area contributed by atoms with Crippen molar-refractivity contribution in [3.05, 3.63) is 29.3 Å². The van der Waals surface area contributed by atoms with Gasteiger partial charge in [-0.1, -0.05) is 12.1 Å². The maximum atomic E-state index is 12.6. The van der Waals surface area contributed by atoms with E-state index in [4.69, 9.17) is 9.47 Å². The molecule has 3 aliphatic rings. The van der Waals surface area contributed by atoms with E-state index < -0.39 is 5.60 Å². The van der Waals surface area contributed by atoms with Gasteiger partial charge < -0.3 is 25.0 Å². The van der Waals surface area contributed by atoms with Crippen LogP contribution in [0.5, 0.6) is 5.75 Å². The van der Waals surface area contributed by atoms with Gasteiger partial charge in [-0.25, -0.2) is 4.79 Å². The van der Waals surface area contributed by atoms with Crippen molar-refractivity contribution in [1.29, 1.82) is 0 Å². The van der Waals surface area contributed by atoms with Crippen molar-refractivity contribution in [1.82, 2.24) is 15.5 Å². The molecule has 2 fully saturated rings. The number of hydrogen-bond donors (Lipinski definition) is 2. The van der Waals surface area contributed by atoms with Gasteiger partial charge in [0, 0.05) is 38.1 Å². The van der Waals surface area contributed by atoms with E-state index in [0.717, 1.165) is 63.4 Å². The van der Waals surface area contributed by atoms with Crippen LogP contribution in [0.25, 0.3) is 0 Å². The molecular formula is C24H37IN4O3. The summed E-state index contributed by atoms with van der Waals surface area (Å²) >= 11 is 0. The zero-order chi connectivity index (χ0) is 22.0. The fourth-order valence-electron chi connectivity index (χ4n) is 5.02. The summed E-state index contributed by atoms with van der Waals surface area (Å²) in [6, 6.07) is 7.30. The van der Waals surface area contributed by atoms with Crippen LogP contribution in [0, 0.1) is 0 Å². The van der Waals surface area contributed by atoms with E-state index in [0.29, 0.717) is 6.04 Å². The molecule has 2 saturated heterocycles. The summed E-state index contributed by atoms with van der Waals surface area (Å²) < 4.78 is 11.2. The van der Waals surface area contributed by atoms with Crippen molar-refractivity contribution < 1.29 is 14.3 Å². The monoisotopic (exact) mass is 556 g/mol. The zero-order valence-electron chi connectivity index (χ0n) is 19.6. The topological polar surface area (TPSA) is 75.2 Å². The highest BCUT2D eigenvalue weighted by Gasteiger charge is 2.45. The van der Waals surface area contributed by atoms with Crippen LogP contribution in [0.15, 0.2) is 23.2 Å². The first-order chi connectivity index (χ1) is 14.8. The zero-order valence-corrected chi connectivity index (χ0v) is 22.0. The molecule has 0 radical (unpaired) electrons. The first-order valence-corrected chi connectivity index (χ1v) is 11.6. The Bertz CT molecular complexity index is 825. The van der Waals surface area contributed by atoms with Crippen molar-refractivity contribution in [2.45, 2.75) is 83.0 Å². The molecule has 2 atom stereocenters. The molecule has 2 bridgehead atoms. The average Bonchev–Trinajstić information content (AvgIpc) is 3.27. The minimum absolute atomic E-state index is 0. The molecular weight excluding hydrogens is 519 g/mol. The molecule has 3 aliphatic heterocycles. The number of piperidine rings is 1. The van der Waals surface area contributed by atoms with Gasteiger partial charge >= 0.3 is 6.09 Å². The minimum atomic E-state index is -0.455. The minimum Gasteiger partial charge on any atom is -0.493 e. The fourth-order valence-corrected chi connectivity index (χ4v) is 5.02. The number of carbonyl (C=O) groups is 1. The molecule has 1 aromatic carbocycles. The van der Waals surface area contributed by atoms with E-state index in [-0.39, 0.29) is 42.2 Å². The Hall–Kier alpha value is -1.71. The maximum Gasteiger partial charge on any atom is 0.410 e. The summed E-state index contributed by atoms with van der Waals surface area (Å²) in [5.74, 6) is 1.86. The summed E-state index contributed by atoms with van der Waals surface area (Å²) in [7, 11) is 1.81. The summed E-state index contributed by atoms with van der Waals surface area (Å²) in [5.41, 5.74) is 2.17. The number of benzene rings is 1. The third kappa shape index (κ3) is 5.99. The number of fused-ring (bicyclic) bond motifs is 3. The first kappa shape index (κ1) is 24.9. The average molecular weight is 556 g/mol. The molecule has 7 nitrogen and oxygen atoms in total. The summed E-state index contributed by atoms with van der Waals surface area (Å²) in [5, 5.41) is 7.03. The number of nitrogens with zero attached hydrogens (tertiary/aromatic N) is 2. The third-order valence-corrected chi connectivity index (χ3v) is 6.36. The lowest BCUT2D eigenvalue weighted by Gasteiger charge is -2.40. The molecule has 8 heteroatoms. The van der Waals surface area contributed by atoms with E-state index >= 15 is 0 Å². The SMILES string of the molecule is CN=C(NCCc1ccc2c(c1)CCO2)NC1CC2CCC(C1)N2C(=O)OC(C)(C)C.I. The molecule has 0 aliphatic carbocycles. The van der Waals surface area contributed by atoms with Gasteiger partial charge in [0.05, 0.1) is 6.61 Å². The maximum absolute atomic E-state index is 12.6. The lowest BCUT2D eigenvalue weighted by molar-refractivity contribution is 0.00545. The number of ether oxygens (including phenoxy) is 2. The van der Waals surface area contributed by atoms with E-state index in [2.05, 4.69) is 33.8 Å². The largest absolute Gasteiger partial charge is 0.493 e. The lowest BCUT2D eigenvalue weighted by Crippen LogP contribution is -2.55. The molecule has 2 N–H and O–H groups in total. The van der Waals surface area contributed by atoms with E-state index in [1.54, 1.807) is 0 Å². The molecule has 4 rings (SSSR count). The highest BCUT2D eigenvalue weighted by atomic mass is 127. The van der Waals surface area contributed by atoms with Crippen molar-refractivity contribution in [2.75, 3.05) is 20.2 Å². The Morgan fingerprint density at radius 2 is 1.97 bits per heavy atom. The molecule has 2 unspecified atom stereocenters. The van der Waals surface area contributed by atoms with Crippen molar-refractivity contribution in [3.8, 4) is 5.75 Å². The standard InChI is InChI=1S/C24H36N4O3.HI/c1-24(2,3)31-23(29)28-19-6-7-20(28)15-18(14-19)27-22(25-4)26-11-9-16-5-8-21-17(13-16)10-12-30-21;/h5,8,13,18-20H,6-7,9-12,14-15H2,1-4H3,(H2,25,26,27);1H. The number of halogens is 1. The van der Waals surface area contributed by atoms with Crippen LogP contribution in [0.3, 0.4) is 0 Å². The number of nitrogens with one attached hydrogen (secondary N) is 2. The second kappa shape index (κ2) is 10.5. The predicted octanol–water partition coefficient (Wildman–Crippen LogP) is 3.88. The number of rotatable bonds is 4. The number of guanidine groups is 1. The molecule has 1 aromatic rings. The second-order valence-corrected chi connectivity index (χ2v) is 9.87. The Morgan fingerprint density at radius 3 is 2.62 bits per heavy atom. The van der Waals surface area contributed by atoms with Crippen LogP contribution in [-0.2, 0) is 17.6 Å². The summed E-state index contributed by atoms with van der Waals surface area (Å²) in [4.78, 5) is 19.0. The Labute approximate surface area is 208 Å². The molecule has 0 saturated carbocycles. The molecule has 0 aromatic heterocycles. The van der Waals surface area contributed by atoms with Crippen LogP contribution < -0.4 is 15.4 Å². The van der Waals surface area contributed by atoms with E-state index in [9.17, 15) is 4.79 Å². The van der Waals surface area contributed by atoms with Gasteiger partial charge in [-0.2, -0.15) is 0 Å². The smallest absolute Gasteiger partial charge is 0.410 e. The predicted molar refractivity (Wildman–Crippen MR) is 137 cm³/mol. The lowest BCUT2D eigenvalue weighted by atomic mass is 9.98. The van der Waals surface area contributed by atoms with Crippen LogP contribution in [-0.4, -0.2) is 60.9 Å². The van der Waals surface area contributed by atoms with Crippen LogP contribution in [0.1, 0.15) is 57.6 Å². The summed E-state index contributed by atoms with van der Waals surface area (Å²) in [6.07, 6.45) is 5.75. The van der Waals surface area contributed by atoms with Gasteiger partial charge in [0.15, 0.2) is 5.96 Å².